The molecule has 0 aliphatic carbocycles. The number of amides is 2. The van der Waals surface area contributed by atoms with Crippen LogP contribution in [0.2, 0.25) is 0 Å². The highest BCUT2D eigenvalue weighted by Gasteiger charge is 2.16. The van der Waals surface area contributed by atoms with Gasteiger partial charge in [0, 0.05) is 31.4 Å². The Labute approximate surface area is 164 Å². The Bertz CT molecular complexity index is 835. The predicted molar refractivity (Wildman–Crippen MR) is 106 cm³/mol. The van der Waals surface area contributed by atoms with E-state index in [1.165, 1.54) is 6.07 Å². The minimum Gasteiger partial charge on any atom is -0.462 e. The molecule has 0 fully saturated rings. The van der Waals surface area contributed by atoms with Crippen molar-refractivity contribution in [3.63, 3.8) is 0 Å². The normalized spacial score (nSPS) is 10.2. The predicted octanol–water partition coefficient (Wildman–Crippen LogP) is 2.88. The summed E-state index contributed by atoms with van der Waals surface area (Å²) in [6.07, 6.45) is 0.701. The van der Waals surface area contributed by atoms with Crippen LogP contribution in [-0.4, -0.2) is 44.7 Å². The third kappa shape index (κ3) is 5.92. The van der Waals surface area contributed by atoms with Gasteiger partial charge in [0.2, 0.25) is 0 Å². The van der Waals surface area contributed by atoms with Gasteiger partial charge in [0.05, 0.1) is 17.9 Å². The number of carbonyl (C=O) groups is 3. The lowest BCUT2D eigenvalue weighted by Gasteiger charge is -2.11. The van der Waals surface area contributed by atoms with Gasteiger partial charge >= 0.3 is 5.97 Å². The van der Waals surface area contributed by atoms with Crippen molar-refractivity contribution in [3.05, 3.63) is 65.2 Å². The average Bonchev–Trinajstić information content (AvgIpc) is 2.71. The van der Waals surface area contributed by atoms with Gasteiger partial charge in [0.25, 0.3) is 11.8 Å². The number of esters is 1. The lowest BCUT2D eigenvalue weighted by Crippen LogP contribution is -2.25. The number of rotatable bonds is 9. The number of anilines is 1. The van der Waals surface area contributed by atoms with Crippen LogP contribution in [0.1, 0.15) is 44.4 Å². The first-order valence-electron chi connectivity index (χ1n) is 9.01. The van der Waals surface area contributed by atoms with Gasteiger partial charge in [-0.25, -0.2) is 4.79 Å². The highest BCUT2D eigenvalue weighted by atomic mass is 16.5. The molecular formula is C21H24N2O5. The number of benzene rings is 2. The molecule has 2 N–H and O–H groups in total. The number of hydrogen-bond acceptors (Lipinski definition) is 5. The quantitative estimate of drug-likeness (QED) is 0.512. The van der Waals surface area contributed by atoms with Gasteiger partial charge in [-0.15, -0.1) is 0 Å². The van der Waals surface area contributed by atoms with E-state index in [1.54, 1.807) is 56.5 Å². The molecule has 7 heteroatoms. The highest BCUT2D eigenvalue weighted by molar-refractivity contribution is 6.09. The zero-order valence-corrected chi connectivity index (χ0v) is 16.0. The van der Waals surface area contributed by atoms with Crippen LogP contribution in [0, 0.1) is 0 Å². The van der Waals surface area contributed by atoms with Crippen molar-refractivity contribution in [1.82, 2.24) is 5.32 Å². The number of carbonyl (C=O) groups excluding carboxylic acids is 3. The van der Waals surface area contributed by atoms with Gasteiger partial charge in [-0.3, -0.25) is 9.59 Å². The molecule has 0 aliphatic rings. The lowest BCUT2D eigenvalue weighted by molar-refractivity contribution is 0.0527. The van der Waals surface area contributed by atoms with E-state index in [1.807, 2.05) is 0 Å². The van der Waals surface area contributed by atoms with E-state index in [-0.39, 0.29) is 18.1 Å². The Balaban J connectivity index is 2.09. The Kier molecular flexibility index (Phi) is 8.17. The summed E-state index contributed by atoms with van der Waals surface area (Å²) in [6, 6.07) is 13.0. The number of ether oxygens (including phenoxy) is 2. The number of nitrogens with one attached hydrogen (secondary N) is 2. The van der Waals surface area contributed by atoms with E-state index < -0.39 is 11.9 Å². The van der Waals surface area contributed by atoms with E-state index in [9.17, 15) is 14.4 Å². The van der Waals surface area contributed by atoms with Gasteiger partial charge in [-0.05, 0) is 43.7 Å². The summed E-state index contributed by atoms with van der Waals surface area (Å²) in [5, 5.41) is 5.48. The second kappa shape index (κ2) is 10.8. The smallest absolute Gasteiger partial charge is 0.340 e. The minimum atomic E-state index is -0.511. The summed E-state index contributed by atoms with van der Waals surface area (Å²) >= 11 is 0. The maximum Gasteiger partial charge on any atom is 0.340 e. The third-order valence-corrected chi connectivity index (χ3v) is 3.87. The fourth-order valence-corrected chi connectivity index (χ4v) is 2.50. The molecule has 2 aromatic rings. The summed E-state index contributed by atoms with van der Waals surface area (Å²) in [6.45, 7) is 2.99. The van der Waals surface area contributed by atoms with Crippen LogP contribution in [-0.2, 0) is 9.47 Å². The first kappa shape index (κ1) is 21.1. The highest BCUT2D eigenvalue weighted by Crippen LogP contribution is 2.18. The van der Waals surface area contributed by atoms with Crippen molar-refractivity contribution in [2.45, 2.75) is 13.3 Å². The molecule has 0 saturated heterocycles. The molecular weight excluding hydrogens is 360 g/mol. The maximum absolute atomic E-state index is 12.6. The molecule has 148 valence electrons. The van der Waals surface area contributed by atoms with Crippen LogP contribution in [0.15, 0.2) is 48.5 Å². The fourth-order valence-electron chi connectivity index (χ4n) is 2.50. The second-order valence-corrected chi connectivity index (χ2v) is 5.90. The van der Waals surface area contributed by atoms with Gasteiger partial charge in [0.1, 0.15) is 0 Å². The molecule has 2 amide bonds. The molecule has 0 radical (unpaired) electrons. The summed E-state index contributed by atoms with van der Waals surface area (Å²) in [7, 11) is 1.60. The molecule has 2 aromatic carbocycles. The zero-order valence-electron chi connectivity index (χ0n) is 16.0. The minimum absolute atomic E-state index is 0.239. The van der Waals surface area contributed by atoms with Gasteiger partial charge in [0.15, 0.2) is 0 Å². The van der Waals surface area contributed by atoms with Gasteiger partial charge in [-0.2, -0.15) is 0 Å². The topological polar surface area (TPSA) is 93.7 Å². The summed E-state index contributed by atoms with van der Waals surface area (Å²) in [4.78, 5) is 36.9. The van der Waals surface area contributed by atoms with E-state index in [2.05, 4.69) is 10.6 Å². The summed E-state index contributed by atoms with van der Waals surface area (Å²) in [5.41, 5.74) is 1.30. The maximum atomic E-state index is 12.6. The van der Waals surface area contributed by atoms with Crippen molar-refractivity contribution < 1.29 is 23.9 Å². The van der Waals surface area contributed by atoms with E-state index in [0.29, 0.717) is 36.4 Å². The number of para-hydroxylation sites is 1. The molecule has 0 aromatic heterocycles. The van der Waals surface area contributed by atoms with Crippen molar-refractivity contribution in [3.8, 4) is 0 Å². The Morgan fingerprint density at radius 1 is 0.964 bits per heavy atom. The van der Waals surface area contributed by atoms with Crippen molar-refractivity contribution in [2.24, 2.45) is 0 Å². The van der Waals surface area contributed by atoms with Crippen molar-refractivity contribution in [2.75, 3.05) is 32.2 Å². The molecule has 0 heterocycles. The SMILES string of the molecule is CCOC(=O)c1ccccc1NC(=O)c1cccc(C(=O)NCCCOC)c1. The largest absolute Gasteiger partial charge is 0.462 e. The molecule has 0 aliphatic heterocycles. The summed E-state index contributed by atoms with van der Waals surface area (Å²) < 4.78 is 9.95. The standard InChI is InChI=1S/C21H24N2O5/c1-3-28-21(26)17-10-4-5-11-18(17)23-20(25)16-9-6-8-15(14-16)19(24)22-12-7-13-27-2/h4-6,8-11,14H,3,7,12-13H2,1-2H3,(H,22,24)(H,23,25). The van der Waals surface area contributed by atoms with Crippen LogP contribution in [0.4, 0.5) is 5.69 Å². The lowest BCUT2D eigenvalue weighted by atomic mass is 10.1. The Morgan fingerprint density at radius 2 is 1.68 bits per heavy atom. The van der Waals surface area contributed by atoms with E-state index in [0.717, 1.165) is 0 Å². The van der Waals surface area contributed by atoms with Gasteiger partial charge in [-0.1, -0.05) is 18.2 Å². The Morgan fingerprint density at radius 3 is 2.39 bits per heavy atom. The van der Waals surface area contributed by atoms with Crippen molar-refractivity contribution in [1.29, 1.82) is 0 Å². The number of methoxy groups -OCH3 is 1. The first-order valence-corrected chi connectivity index (χ1v) is 9.01. The van der Waals surface area contributed by atoms with Gasteiger partial charge < -0.3 is 20.1 Å². The second-order valence-electron chi connectivity index (χ2n) is 5.90. The van der Waals surface area contributed by atoms with Crippen molar-refractivity contribution >= 4 is 23.5 Å². The van der Waals surface area contributed by atoms with Crippen LogP contribution in [0.5, 0.6) is 0 Å². The van der Waals surface area contributed by atoms with E-state index >= 15 is 0 Å². The number of hydrogen-bond donors (Lipinski definition) is 2. The molecule has 28 heavy (non-hydrogen) atoms. The Hall–Kier alpha value is -3.19. The van der Waals surface area contributed by atoms with Crippen LogP contribution in [0.3, 0.4) is 0 Å². The first-order chi connectivity index (χ1) is 13.6. The molecule has 2 rings (SSSR count). The molecule has 0 spiro atoms. The van der Waals surface area contributed by atoms with E-state index in [4.69, 9.17) is 9.47 Å². The monoisotopic (exact) mass is 384 g/mol. The summed E-state index contributed by atoms with van der Waals surface area (Å²) in [5.74, 6) is -1.20. The van der Waals surface area contributed by atoms with Crippen LogP contribution >= 0.6 is 0 Å². The van der Waals surface area contributed by atoms with Crippen LogP contribution in [0.25, 0.3) is 0 Å². The third-order valence-electron chi connectivity index (χ3n) is 3.87. The molecule has 0 unspecified atom stereocenters. The molecule has 0 bridgehead atoms. The van der Waals surface area contributed by atoms with Crippen LogP contribution < -0.4 is 10.6 Å². The fraction of sp³-hybridized carbons (Fsp3) is 0.286. The average molecular weight is 384 g/mol. The molecule has 0 atom stereocenters. The molecule has 7 nitrogen and oxygen atoms in total. The molecule has 0 saturated carbocycles. The zero-order chi connectivity index (χ0) is 20.4.